The lowest BCUT2D eigenvalue weighted by Gasteiger charge is -2.32. The van der Waals surface area contributed by atoms with E-state index in [4.69, 9.17) is 9.31 Å². The van der Waals surface area contributed by atoms with Gasteiger partial charge >= 0.3 is 7.12 Å². The summed E-state index contributed by atoms with van der Waals surface area (Å²) in [5, 5.41) is -0.495. The fourth-order valence-electron chi connectivity index (χ4n) is 2.88. The first-order valence-corrected chi connectivity index (χ1v) is 7.90. The quantitative estimate of drug-likeness (QED) is 0.792. The highest BCUT2D eigenvalue weighted by Gasteiger charge is 2.58. The van der Waals surface area contributed by atoms with Crippen LogP contribution in [0, 0.1) is 6.92 Å². The summed E-state index contributed by atoms with van der Waals surface area (Å²) in [6, 6.07) is 8.28. The second-order valence-corrected chi connectivity index (χ2v) is 7.75. The molecule has 1 aliphatic heterocycles. The first kappa shape index (κ1) is 17.2. The SMILES string of the molecule is CC(=O)C[C@@](C)(B1OC(C)(C)C(C)(C)O1)c1ccc(C)cc1. The molecule has 0 unspecified atom stereocenters. The highest BCUT2D eigenvalue weighted by Crippen LogP contribution is 2.44. The first-order valence-electron chi connectivity index (χ1n) is 7.90. The molecule has 1 atom stereocenters. The molecule has 0 amide bonds. The van der Waals surface area contributed by atoms with E-state index in [0.29, 0.717) is 6.42 Å². The van der Waals surface area contributed by atoms with Gasteiger partial charge in [0.15, 0.2) is 0 Å². The van der Waals surface area contributed by atoms with Crippen LogP contribution in [0.5, 0.6) is 0 Å². The van der Waals surface area contributed by atoms with Gasteiger partial charge in [0, 0.05) is 11.7 Å². The van der Waals surface area contributed by atoms with Crippen molar-refractivity contribution in [1.82, 2.24) is 0 Å². The molecule has 3 nitrogen and oxygen atoms in total. The van der Waals surface area contributed by atoms with E-state index in [9.17, 15) is 4.79 Å². The van der Waals surface area contributed by atoms with Crippen LogP contribution in [0.3, 0.4) is 0 Å². The van der Waals surface area contributed by atoms with E-state index in [2.05, 4.69) is 38.1 Å². The summed E-state index contributed by atoms with van der Waals surface area (Å²) in [7, 11) is -0.441. The van der Waals surface area contributed by atoms with Gasteiger partial charge in [-0.25, -0.2) is 0 Å². The van der Waals surface area contributed by atoms with Crippen LogP contribution in [0.1, 0.15) is 59.1 Å². The fourth-order valence-corrected chi connectivity index (χ4v) is 2.88. The molecule has 0 bridgehead atoms. The summed E-state index contributed by atoms with van der Waals surface area (Å²) in [6.07, 6.45) is 0.396. The van der Waals surface area contributed by atoms with Crippen LogP contribution in [0.2, 0.25) is 0 Å². The summed E-state index contributed by atoms with van der Waals surface area (Å²) in [6.45, 7) is 13.9. The third-order valence-electron chi connectivity index (χ3n) is 5.10. The zero-order chi connectivity index (χ0) is 16.8. The van der Waals surface area contributed by atoms with Gasteiger partial charge in [-0.2, -0.15) is 0 Å². The van der Waals surface area contributed by atoms with Crippen LogP contribution < -0.4 is 0 Å². The van der Waals surface area contributed by atoms with Crippen LogP contribution in [0.4, 0.5) is 0 Å². The highest BCUT2D eigenvalue weighted by molar-refractivity contribution is 6.50. The Morgan fingerprint density at radius 3 is 1.95 bits per heavy atom. The summed E-state index contributed by atoms with van der Waals surface area (Å²) < 4.78 is 12.5. The van der Waals surface area contributed by atoms with Gasteiger partial charge < -0.3 is 14.1 Å². The van der Waals surface area contributed by atoms with Crippen molar-refractivity contribution in [2.75, 3.05) is 0 Å². The van der Waals surface area contributed by atoms with E-state index >= 15 is 0 Å². The zero-order valence-corrected chi connectivity index (χ0v) is 14.8. The molecule has 4 heteroatoms. The lowest BCUT2D eigenvalue weighted by molar-refractivity contribution is -0.117. The Bertz CT molecular complexity index is 546. The molecule has 0 saturated carbocycles. The third kappa shape index (κ3) is 2.99. The molecular formula is C18H27BO3. The predicted octanol–water partition coefficient (Wildman–Crippen LogP) is 3.86. The van der Waals surface area contributed by atoms with E-state index in [0.717, 1.165) is 5.56 Å². The van der Waals surface area contributed by atoms with Gasteiger partial charge in [-0.1, -0.05) is 36.8 Å². The van der Waals surface area contributed by atoms with Gasteiger partial charge in [0.2, 0.25) is 0 Å². The van der Waals surface area contributed by atoms with E-state index in [1.807, 2.05) is 27.7 Å². The summed E-state index contributed by atoms with van der Waals surface area (Å²) in [5.41, 5.74) is 1.47. The lowest BCUT2D eigenvalue weighted by atomic mass is 9.53. The molecule has 1 aromatic rings. The summed E-state index contributed by atoms with van der Waals surface area (Å²) in [4.78, 5) is 11.9. The second kappa shape index (κ2) is 5.50. The number of aryl methyl sites for hydroxylation is 1. The van der Waals surface area contributed by atoms with Gasteiger partial charge in [-0.3, -0.25) is 0 Å². The van der Waals surface area contributed by atoms with Crippen molar-refractivity contribution in [3.8, 4) is 0 Å². The first-order chi connectivity index (χ1) is 9.98. The van der Waals surface area contributed by atoms with Crippen molar-refractivity contribution in [1.29, 1.82) is 0 Å². The molecular weight excluding hydrogens is 275 g/mol. The van der Waals surface area contributed by atoms with Crippen molar-refractivity contribution >= 4 is 12.9 Å². The minimum atomic E-state index is -0.495. The Kier molecular flexibility index (Phi) is 4.31. The molecule has 0 N–H and O–H groups in total. The van der Waals surface area contributed by atoms with Crippen molar-refractivity contribution in [2.24, 2.45) is 0 Å². The van der Waals surface area contributed by atoms with Crippen LogP contribution >= 0.6 is 0 Å². The summed E-state index contributed by atoms with van der Waals surface area (Å²) in [5.74, 6) is 0.137. The van der Waals surface area contributed by atoms with Crippen LogP contribution in [-0.4, -0.2) is 24.1 Å². The molecule has 0 spiro atoms. The molecule has 22 heavy (non-hydrogen) atoms. The van der Waals surface area contributed by atoms with E-state index < -0.39 is 23.6 Å². The van der Waals surface area contributed by atoms with Crippen molar-refractivity contribution in [3.05, 3.63) is 35.4 Å². The monoisotopic (exact) mass is 302 g/mol. The molecule has 1 fully saturated rings. The average Bonchev–Trinajstić information content (AvgIpc) is 2.58. The topological polar surface area (TPSA) is 35.5 Å². The molecule has 120 valence electrons. The Hall–Kier alpha value is -1.13. The Labute approximate surface area is 134 Å². The number of Topliss-reactive ketones (excluding diaryl/α,β-unsaturated/α-hetero) is 1. The molecule has 0 radical (unpaired) electrons. The predicted molar refractivity (Wildman–Crippen MR) is 89.9 cm³/mol. The maximum absolute atomic E-state index is 11.9. The number of hydrogen-bond donors (Lipinski definition) is 0. The maximum Gasteiger partial charge on any atom is 0.469 e. The number of hydrogen-bond acceptors (Lipinski definition) is 3. The van der Waals surface area contributed by atoms with Crippen molar-refractivity contribution < 1.29 is 14.1 Å². The lowest BCUT2D eigenvalue weighted by Crippen LogP contribution is -2.45. The Morgan fingerprint density at radius 2 is 1.55 bits per heavy atom. The fraction of sp³-hybridized carbons (Fsp3) is 0.611. The smallest absolute Gasteiger partial charge is 0.403 e. The van der Waals surface area contributed by atoms with Gasteiger partial charge in [0.05, 0.1) is 11.2 Å². The van der Waals surface area contributed by atoms with Crippen LogP contribution in [0.25, 0.3) is 0 Å². The van der Waals surface area contributed by atoms with Crippen molar-refractivity contribution in [3.63, 3.8) is 0 Å². The largest absolute Gasteiger partial charge is 0.469 e. The van der Waals surface area contributed by atoms with Crippen LogP contribution in [-0.2, 0) is 19.4 Å². The molecule has 0 aliphatic carbocycles. The number of rotatable bonds is 4. The van der Waals surface area contributed by atoms with Gasteiger partial charge in [0.1, 0.15) is 5.78 Å². The number of carbonyl (C=O) groups excluding carboxylic acids is 1. The van der Waals surface area contributed by atoms with Gasteiger partial charge in [-0.05, 0) is 47.1 Å². The molecule has 0 aromatic heterocycles. The second-order valence-electron chi connectivity index (χ2n) is 7.75. The Morgan fingerprint density at radius 1 is 1.09 bits per heavy atom. The van der Waals surface area contributed by atoms with Crippen molar-refractivity contribution in [2.45, 2.75) is 71.4 Å². The van der Waals surface area contributed by atoms with E-state index in [1.165, 1.54) is 5.56 Å². The molecule has 1 aliphatic rings. The average molecular weight is 302 g/mol. The minimum Gasteiger partial charge on any atom is -0.403 e. The zero-order valence-electron chi connectivity index (χ0n) is 14.8. The van der Waals surface area contributed by atoms with Crippen LogP contribution in [0.15, 0.2) is 24.3 Å². The van der Waals surface area contributed by atoms with Gasteiger partial charge in [-0.15, -0.1) is 0 Å². The maximum atomic E-state index is 11.9. The highest BCUT2D eigenvalue weighted by atomic mass is 16.7. The van der Waals surface area contributed by atoms with E-state index in [1.54, 1.807) is 6.92 Å². The standard InChI is InChI=1S/C18H27BO3/c1-13-8-10-15(11-9-13)18(7,12-14(2)20)19-21-16(3,4)17(5,6)22-19/h8-11H,12H2,1-7H3/t18-/m1/s1. The molecule has 1 saturated heterocycles. The normalized spacial score (nSPS) is 22.4. The Balaban J connectivity index is 2.43. The molecule has 1 aromatic carbocycles. The van der Waals surface area contributed by atoms with Gasteiger partial charge in [0.25, 0.3) is 0 Å². The summed E-state index contributed by atoms with van der Waals surface area (Å²) >= 11 is 0. The van der Waals surface area contributed by atoms with E-state index in [-0.39, 0.29) is 5.78 Å². The minimum absolute atomic E-state index is 0.137. The number of benzene rings is 1. The third-order valence-corrected chi connectivity index (χ3v) is 5.10. The molecule has 1 heterocycles. The number of carbonyl (C=O) groups is 1. The molecule has 2 rings (SSSR count). The number of ketones is 1.